The van der Waals surface area contributed by atoms with Gasteiger partial charge in [0.25, 0.3) is 0 Å². The van der Waals surface area contributed by atoms with Gasteiger partial charge >= 0.3 is 5.97 Å². The first kappa shape index (κ1) is 10.5. The highest BCUT2D eigenvalue weighted by molar-refractivity contribution is 5.84. The Hall–Kier alpha value is -0.570. The summed E-state index contributed by atoms with van der Waals surface area (Å²) in [7, 11) is 0. The second-order valence-corrected chi connectivity index (χ2v) is 3.91. The van der Waals surface area contributed by atoms with Crippen molar-refractivity contribution >= 4 is 5.97 Å². The number of esters is 1. The number of hydrogen-bond acceptors (Lipinski definition) is 3. The maximum Gasteiger partial charge on any atom is 0.341 e. The van der Waals surface area contributed by atoms with Gasteiger partial charge < -0.3 is 9.47 Å². The fourth-order valence-corrected chi connectivity index (χ4v) is 1.75. The predicted molar refractivity (Wildman–Crippen MR) is 49.4 cm³/mol. The summed E-state index contributed by atoms with van der Waals surface area (Å²) < 4.78 is 10.5. The molecule has 3 nitrogen and oxygen atoms in total. The smallest absolute Gasteiger partial charge is 0.341 e. The maximum absolute atomic E-state index is 11.6. The van der Waals surface area contributed by atoms with Crippen LogP contribution in [0.25, 0.3) is 0 Å². The Labute approximate surface area is 79.4 Å². The second-order valence-electron chi connectivity index (χ2n) is 3.91. The average Bonchev–Trinajstić information content (AvgIpc) is 2.56. The topological polar surface area (TPSA) is 38.8 Å². The minimum absolute atomic E-state index is 0.207. The molecule has 0 saturated carbocycles. The van der Waals surface area contributed by atoms with E-state index >= 15 is 0 Å². The molecule has 0 aliphatic carbocycles. The molecule has 76 valence electrons. The molecule has 1 fully saturated rings. The summed E-state index contributed by atoms with van der Waals surface area (Å²) >= 11 is 0. The fourth-order valence-electron chi connectivity index (χ4n) is 1.75. The molecule has 0 aromatic heterocycles. The van der Waals surface area contributed by atoms with Crippen LogP contribution in [0.5, 0.6) is 0 Å². The zero-order valence-corrected chi connectivity index (χ0v) is 8.85. The van der Waals surface area contributed by atoms with E-state index in [-0.39, 0.29) is 11.6 Å². The first-order chi connectivity index (χ1) is 6.00. The summed E-state index contributed by atoms with van der Waals surface area (Å²) in [5.41, 5.74) is -0.993. The summed E-state index contributed by atoms with van der Waals surface area (Å²) in [6.07, 6.45) is 1.68. The average molecular weight is 186 g/mol. The lowest BCUT2D eigenvalue weighted by Gasteiger charge is -2.12. The quantitative estimate of drug-likeness (QED) is 0.497. The molecular formula is C10H18O3. The Kier molecular flexibility index (Phi) is 2.66. The number of ether oxygens (including phenoxy) is 2. The van der Waals surface area contributed by atoms with Gasteiger partial charge in [0.15, 0.2) is 5.60 Å². The molecule has 3 heteroatoms. The lowest BCUT2D eigenvalue weighted by molar-refractivity contribution is -0.149. The molecule has 0 aromatic rings. The lowest BCUT2D eigenvalue weighted by atomic mass is 9.91. The van der Waals surface area contributed by atoms with E-state index in [4.69, 9.17) is 9.47 Å². The molecule has 1 aliphatic heterocycles. The SMILES string of the molecule is CCC[C@@]1(C(=O)OCC)OC1(C)C. The first-order valence-corrected chi connectivity index (χ1v) is 4.87. The summed E-state index contributed by atoms with van der Waals surface area (Å²) in [4.78, 5) is 11.6. The minimum Gasteiger partial charge on any atom is -0.464 e. The Balaban J connectivity index is 2.66. The van der Waals surface area contributed by atoms with Gasteiger partial charge in [-0.25, -0.2) is 4.79 Å². The Morgan fingerprint density at radius 1 is 1.38 bits per heavy atom. The number of rotatable bonds is 4. The first-order valence-electron chi connectivity index (χ1n) is 4.87. The van der Waals surface area contributed by atoms with Crippen molar-refractivity contribution in [3.8, 4) is 0 Å². The number of carbonyl (C=O) groups excluding carboxylic acids is 1. The monoisotopic (exact) mass is 186 g/mol. The standard InChI is InChI=1S/C10H18O3/c1-5-7-10(8(11)12-6-2)9(3,4)13-10/h5-7H2,1-4H3/t10-/m0/s1. The molecule has 0 bridgehead atoms. The van der Waals surface area contributed by atoms with Gasteiger partial charge in [-0.05, 0) is 27.2 Å². The van der Waals surface area contributed by atoms with E-state index in [1.54, 1.807) is 0 Å². The van der Waals surface area contributed by atoms with E-state index in [9.17, 15) is 4.79 Å². The van der Waals surface area contributed by atoms with E-state index in [0.29, 0.717) is 6.61 Å². The Bertz CT molecular complexity index is 210. The van der Waals surface area contributed by atoms with Crippen molar-refractivity contribution in [2.45, 2.75) is 51.7 Å². The molecule has 0 amide bonds. The maximum atomic E-state index is 11.6. The third kappa shape index (κ3) is 1.57. The molecule has 1 heterocycles. The van der Waals surface area contributed by atoms with Crippen molar-refractivity contribution in [1.82, 2.24) is 0 Å². The Morgan fingerprint density at radius 3 is 2.23 bits per heavy atom. The van der Waals surface area contributed by atoms with Crippen LogP contribution in [0, 0.1) is 0 Å². The summed E-state index contributed by atoms with van der Waals surface area (Å²) in [5.74, 6) is -0.207. The third-order valence-electron chi connectivity index (χ3n) is 2.57. The van der Waals surface area contributed by atoms with E-state index in [1.807, 2.05) is 27.7 Å². The van der Waals surface area contributed by atoms with Gasteiger partial charge in [-0.3, -0.25) is 0 Å². The molecule has 1 saturated heterocycles. The van der Waals surface area contributed by atoms with Crippen molar-refractivity contribution in [2.75, 3.05) is 6.61 Å². The van der Waals surface area contributed by atoms with E-state index in [2.05, 4.69) is 0 Å². The van der Waals surface area contributed by atoms with Crippen LogP contribution < -0.4 is 0 Å². The van der Waals surface area contributed by atoms with Crippen LogP contribution in [0.1, 0.15) is 40.5 Å². The molecule has 1 aliphatic rings. The number of epoxide rings is 1. The minimum atomic E-state index is -0.655. The molecule has 0 unspecified atom stereocenters. The van der Waals surface area contributed by atoms with Crippen molar-refractivity contribution in [1.29, 1.82) is 0 Å². The van der Waals surface area contributed by atoms with Crippen molar-refractivity contribution in [3.05, 3.63) is 0 Å². The van der Waals surface area contributed by atoms with E-state index < -0.39 is 5.60 Å². The number of carbonyl (C=O) groups is 1. The molecular weight excluding hydrogens is 168 g/mol. The van der Waals surface area contributed by atoms with Gasteiger partial charge in [0.05, 0.1) is 6.61 Å². The molecule has 0 aromatic carbocycles. The van der Waals surface area contributed by atoms with Crippen LogP contribution in [0.3, 0.4) is 0 Å². The van der Waals surface area contributed by atoms with Gasteiger partial charge in [0.1, 0.15) is 5.60 Å². The van der Waals surface area contributed by atoms with Crippen LogP contribution in [0.4, 0.5) is 0 Å². The van der Waals surface area contributed by atoms with Crippen molar-refractivity contribution in [3.63, 3.8) is 0 Å². The van der Waals surface area contributed by atoms with Crippen molar-refractivity contribution < 1.29 is 14.3 Å². The highest BCUT2D eigenvalue weighted by Gasteiger charge is 2.69. The Morgan fingerprint density at radius 2 is 1.92 bits per heavy atom. The van der Waals surface area contributed by atoms with Crippen LogP contribution in [-0.4, -0.2) is 23.8 Å². The highest BCUT2D eigenvalue weighted by Crippen LogP contribution is 2.51. The largest absolute Gasteiger partial charge is 0.464 e. The second kappa shape index (κ2) is 3.29. The molecule has 1 rings (SSSR count). The van der Waals surface area contributed by atoms with Crippen LogP contribution in [0.2, 0.25) is 0 Å². The van der Waals surface area contributed by atoms with E-state index in [1.165, 1.54) is 0 Å². The van der Waals surface area contributed by atoms with Gasteiger partial charge in [-0.1, -0.05) is 13.3 Å². The molecule has 0 N–H and O–H groups in total. The van der Waals surface area contributed by atoms with E-state index in [0.717, 1.165) is 12.8 Å². The predicted octanol–water partition coefficient (Wildman–Crippen LogP) is 1.90. The summed E-state index contributed by atoms with van der Waals surface area (Å²) in [6.45, 7) is 8.13. The van der Waals surface area contributed by atoms with Crippen LogP contribution in [0.15, 0.2) is 0 Å². The molecule has 0 spiro atoms. The fraction of sp³-hybridized carbons (Fsp3) is 0.900. The normalized spacial score (nSPS) is 29.8. The lowest BCUT2D eigenvalue weighted by Crippen LogP contribution is -2.33. The zero-order chi connectivity index (χ0) is 10.1. The summed E-state index contributed by atoms with van der Waals surface area (Å²) in [6, 6.07) is 0. The summed E-state index contributed by atoms with van der Waals surface area (Å²) in [5, 5.41) is 0. The van der Waals surface area contributed by atoms with Crippen LogP contribution in [-0.2, 0) is 14.3 Å². The van der Waals surface area contributed by atoms with Crippen molar-refractivity contribution in [2.24, 2.45) is 0 Å². The molecule has 13 heavy (non-hydrogen) atoms. The number of hydrogen-bond donors (Lipinski definition) is 0. The molecule has 1 atom stereocenters. The van der Waals surface area contributed by atoms with Gasteiger partial charge in [0.2, 0.25) is 0 Å². The highest BCUT2D eigenvalue weighted by atomic mass is 16.7. The van der Waals surface area contributed by atoms with Crippen LogP contribution >= 0.6 is 0 Å². The molecule has 0 radical (unpaired) electrons. The third-order valence-corrected chi connectivity index (χ3v) is 2.57. The van der Waals surface area contributed by atoms with Gasteiger partial charge in [-0.15, -0.1) is 0 Å². The zero-order valence-electron chi connectivity index (χ0n) is 8.85. The van der Waals surface area contributed by atoms with Gasteiger partial charge in [0, 0.05) is 0 Å². The van der Waals surface area contributed by atoms with Gasteiger partial charge in [-0.2, -0.15) is 0 Å².